The fourth-order valence-corrected chi connectivity index (χ4v) is 1.52. The van der Waals surface area contributed by atoms with Crippen LogP contribution in [0.5, 0.6) is 0 Å². The lowest BCUT2D eigenvalue weighted by Gasteiger charge is -2.30. The molecule has 0 aromatic carbocycles. The highest BCUT2D eigenvalue weighted by molar-refractivity contribution is 4.79. The van der Waals surface area contributed by atoms with E-state index in [-0.39, 0.29) is 18.4 Å². The molecular formula is C8H15F2NO. The summed E-state index contributed by atoms with van der Waals surface area (Å²) < 4.78 is 30.2. The van der Waals surface area contributed by atoms with Crippen LogP contribution in [0, 0.1) is 5.92 Å². The zero-order valence-corrected chi connectivity index (χ0v) is 7.22. The second-order valence-corrected chi connectivity index (χ2v) is 3.56. The highest BCUT2D eigenvalue weighted by Gasteiger charge is 2.31. The summed E-state index contributed by atoms with van der Waals surface area (Å²) in [5.74, 6) is -2.68. The van der Waals surface area contributed by atoms with E-state index in [1.54, 1.807) is 0 Å². The number of rotatable bonds is 2. The number of nitrogens with two attached hydrogens (primary N) is 1. The van der Waals surface area contributed by atoms with Crippen LogP contribution in [0.4, 0.5) is 8.78 Å². The van der Waals surface area contributed by atoms with Crippen LogP contribution in [-0.4, -0.2) is 25.2 Å². The fourth-order valence-electron chi connectivity index (χ4n) is 1.52. The predicted molar refractivity (Wildman–Crippen MR) is 42.1 cm³/mol. The molecule has 1 saturated heterocycles. The monoisotopic (exact) mass is 179 g/mol. The molecule has 4 heteroatoms. The van der Waals surface area contributed by atoms with Gasteiger partial charge in [-0.1, -0.05) is 0 Å². The Morgan fingerprint density at radius 1 is 1.58 bits per heavy atom. The first-order valence-electron chi connectivity index (χ1n) is 4.20. The van der Waals surface area contributed by atoms with Crippen molar-refractivity contribution >= 4 is 0 Å². The van der Waals surface area contributed by atoms with E-state index in [4.69, 9.17) is 10.5 Å². The number of hydrogen-bond donors (Lipinski definition) is 1. The lowest BCUT2D eigenvalue weighted by Crippen LogP contribution is -2.41. The topological polar surface area (TPSA) is 35.2 Å². The first kappa shape index (κ1) is 9.86. The van der Waals surface area contributed by atoms with Crippen molar-refractivity contribution in [1.29, 1.82) is 0 Å². The van der Waals surface area contributed by atoms with Crippen molar-refractivity contribution in [2.24, 2.45) is 11.7 Å². The molecule has 0 aliphatic carbocycles. The summed E-state index contributed by atoms with van der Waals surface area (Å²) in [5, 5.41) is 0. The molecule has 0 aromatic rings. The summed E-state index contributed by atoms with van der Waals surface area (Å²) in [5.41, 5.74) is 5.63. The van der Waals surface area contributed by atoms with Crippen LogP contribution in [0.25, 0.3) is 0 Å². The highest BCUT2D eigenvalue weighted by atomic mass is 19.3. The average Bonchev–Trinajstić information content (AvgIpc) is 1.91. The van der Waals surface area contributed by atoms with E-state index in [9.17, 15) is 8.78 Å². The van der Waals surface area contributed by atoms with Gasteiger partial charge in [0.05, 0.1) is 6.61 Å². The van der Waals surface area contributed by atoms with Crippen molar-refractivity contribution in [3.63, 3.8) is 0 Å². The quantitative estimate of drug-likeness (QED) is 0.695. The molecule has 1 rings (SSSR count). The van der Waals surface area contributed by atoms with Gasteiger partial charge in [-0.15, -0.1) is 0 Å². The molecule has 1 fully saturated rings. The minimum atomic E-state index is -2.60. The van der Waals surface area contributed by atoms with E-state index in [0.29, 0.717) is 19.6 Å². The Labute approximate surface area is 71.1 Å². The third-order valence-electron chi connectivity index (χ3n) is 2.17. The molecule has 12 heavy (non-hydrogen) atoms. The van der Waals surface area contributed by atoms with E-state index < -0.39 is 5.92 Å². The third-order valence-corrected chi connectivity index (χ3v) is 2.17. The van der Waals surface area contributed by atoms with Gasteiger partial charge in [0.25, 0.3) is 0 Å². The van der Waals surface area contributed by atoms with E-state index >= 15 is 0 Å². The van der Waals surface area contributed by atoms with Crippen LogP contribution in [-0.2, 0) is 4.74 Å². The molecule has 0 spiro atoms. The number of halogens is 2. The molecule has 0 bridgehead atoms. The first-order valence-corrected chi connectivity index (χ1v) is 4.20. The van der Waals surface area contributed by atoms with Gasteiger partial charge in [0.2, 0.25) is 5.92 Å². The highest BCUT2D eigenvalue weighted by Crippen LogP contribution is 2.28. The minimum absolute atomic E-state index is 0.0845. The fraction of sp³-hybridized carbons (Fsp3) is 1.00. The Bertz CT molecular complexity index is 146. The van der Waals surface area contributed by atoms with Crippen LogP contribution >= 0.6 is 0 Å². The average molecular weight is 179 g/mol. The lowest BCUT2D eigenvalue weighted by atomic mass is 9.90. The SMILES string of the molecule is CC(F)(F)CC1CCOCC1N. The Kier molecular flexibility index (Phi) is 3.01. The largest absolute Gasteiger partial charge is 0.380 e. The van der Waals surface area contributed by atoms with Crippen LogP contribution in [0.15, 0.2) is 0 Å². The zero-order valence-electron chi connectivity index (χ0n) is 7.22. The van der Waals surface area contributed by atoms with Crippen molar-refractivity contribution in [3.05, 3.63) is 0 Å². The predicted octanol–water partition coefficient (Wildman–Crippen LogP) is 1.40. The Balaban J connectivity index is 2.39. The maximum Gasteiger partial charge on any atom is 0.245 e. The van der Waals surface area contributed by atoms with Gasteiger partial charge in [-0.25, -0.2) is 8.78 Å². The van der Waals surface area contributed by atoms with Crippen molar-refractivity contribution in [3.8, 4) is 0 Å². The molecule has 1 aliphatic heterocycles. The minimum Gasteiger partial charge on any atom is -0.380 e. The van der Waals surface area contributed by atoms with Gasteiger partial charge in [0, 0.05) is 19.1 Å². The smallest absolute Gasteiger partial charge is 0.245 e. The zero-order chi connectivity index (χ0) is 9.19. The maximum atomic E-state index is 12.6. The summed E-state index contributed by atoms with van der Waals surface area (Å²) in [6.45, 7) is 1.92. The number of ether oxygens (including phenoxy) is 1. The summed E-state index contributed by atoms with van der Waals surface area (Å²) in [4.78, 5) is 0. The number of alkyl halides is 2. The molecule has 72 valence electrons. The van der Waals surface area contributed by atoms with Gasteiger partial charge in [-0.3, -0.25) is 0 Å². The van der Waals surface area contributed by atoms with Crippen molar-refractivity contribution in [2.75, 3.05) is 13.2 Å². The van der Waals surface area contributed by atoms with Crippen LogP contribution in [0.1, 0.15) is 19.8 Å². The lowest BCUT2D eigenvalue weighted by molar-refractivity contribution is -0.0336. The van der Waals surface area contributed by atoms with E-state index in [1.807, 2.05) is 0 Å². The van der Waals surface area contributed by atoms with Crippen molar-refractivity contribution < 1.29 is 13.5 Å². The molecule has 0 aromatic heterocycles. The Morgan fingerprint density at radius 2 is 2.25 bits per heavy atom. The van der Waals surface area contributed by atoms with Crippen molar-refractivity contribution in [1.82, 2.24) is 0 Å². The van der Waals surface area contributed by atoms with Gasteiger partial charge >= 0.3 is 0 Å². The standard InChI is InChI=1S/C8H15F2NO/c1-8(9,10)4-6-2-3-12-5-7(6)11/h6-7H,2-5,11H2,1H3. The Morgan fingerprint density at radius 3 is 2.75 bits per heavy atom. The second kappa shape index (κ2) is 3.66. The first-order chi connectivity index (χ1) is 5.49. The summed E-state index contributed by atoms with van der Waals surface area (Å²) in [7, 11) is 0. The molecule has 2 atom stereocenters. The van der Waals surface area contributed by atoms with E-state index in [0.717, 1.165) is 6.92 Å². The second-order valence-electron chi connectivity index (χ2n) is 3.56. The maximum absolute atomic E-state index is 12.6. The van der Waals surface area contributed by atoms with Gasteiger partial charge < -0.3 is 10.5 Å². The van der Waals surface area contributed by atoms with E-state index in [2.05, 4.69) is 0 Å². The molecule has 0 saturated carbocycles. The Hall–Kier alpha value is -0.220. The van der Waals surface area contributed by atoms with E-state index in [1.165, 1.54) is 0 Å². The van der Waals surface area contributed by atoms with Crippen LogP contribution in [0.2, 0.25) is 0 Å². The molecule has 0 amide bonds. The third kappa shape index (κ3) is 3.03. The molecule has 1 aliphatic rings. The molecule has 1 heterocycles. The van der Waals surface area contributed by atoms with Gasteiger partial charge in [-0.05, 0) is 19.3 Å². The molecular weight excluding hydrogens is 164 g/mol. The normalized spacial score (nSPS) is 32.0. The summed E-state index contributed by atoms with van der Waals surface area (Å²) in [6, 6.07) is -0.218. The molecule has 2 N–H and O–H groups in total. The molecule has 0 radical (unpaired) electrons. The molecule has 2 nitrogen and oxygen atoms in total. The van der Waals surface area contributed by atoms with Gasteiger partial charge in [-0.2, -0.15) is 0 Å². The molecule has 2 unspecified atom stereocenters. The van der Waals surface area contributed by atoms with Gasteiger partial charge in [0.15, 0.2) is 0 Å². The van der Waals surface area contributed by atoms with Crippen LogP contribution in [0.3, 0.4) is 0 Å². The van der Waals surface area contributed by atoms with Gasteiger partial charge in [0.1, 0.15) is 0 Å². The summed E-state index contributed by atoms with van der Waals surface area (Å²) in [6.07, 6.45) is 0.544. The number of hydrogen-bond acceptors (Lipinski definition) is 2. The summed E-state index contributed by atoms with van der Waals surface area (Å²) >= 11 is 0. The van der Waals surface area contributed by atoms with Crippen LogP contribution < -0.4 is 5.73 Å². The van der Waals surface area contributed by atoms with Crippen molar-refractivity contribution in [2.45, 2.75) is 31.7 Å².